The van der Waals surface area contributed by atoms with Crippen LogP contribution in [0.25, 0.3) is 0 Å². The topological polar surface area (TPSA) is 38.3 Å². The van der Waals surface area contributed by atoms with E-state index in [2.05, 4.69) is 26.1 Å². The van der Waals surface area contributed by atoms with Crippen LogP contribution in [0.2, 0.25) is 0 Å². The summed E-state index contributed by atoms with van der Waals surface area (Å²) in [6.07, 6.45) is 1.96. The first-order chi connectivity index (χ1) is 8.58. The van der Waals surface area contributed by atoms with Crippen molar-refractivity contribution in [2.45, 2.75) is 33.6 Å². The Morgan fingerprint density at radius 1 is 1.28 bits per heavy atom. The molecule has 1 amide bonds. The summed E-state index contributed by atoms with van der Waals surface area (Å²) in [6.45, 7) is 6.29. The van der Waals surface area contributed by atoms with Crippen LogP contribution in [-0.4, -0.2) is 13.0 Å². The predicted molar refractivity (Wildman–Crippen MR) is 74.9 cm³/mol. The summed E-state index contributed by atoms with van der Waals surface area (Å²) < 4.78 is 5.09. The molecule has 0 saturated heterocycles. The summed E-state index contributed by atoms with van der Waals surface area (Å²) in [5, 5.41) is 2.96. The maximum atomic E-state index is 12.2. The molecule has 3 heteroatoms. The average Bonchev–Trinajstić information content (AvgIpc) is 2.36. The number of amides is 1. The van der Waals surface area contributed by atoms with E-state index in [9.17, 15) is 4.79 Å². The lowest BCUT2D eigenvalue weighted by atomic mass is 9.90. The zero-order valence-corrected chi connectivity index (χ0v) is 11.7. The second kappa shape index (κ2) is 7.04. The van der Waals surface area contributed by atoms with E-state index in [1.807, 2.05) is 24.3 Å². The number of ether oxygens (including phenoxy) is 1. The van der Waals surface area contributed by atoms with Crippen LogP contribution in [0.15, 0.2) is 24.3 Å². The standard InChI is InChI=1S/C15H23NO2/c1-5-6-14(11(2)3)15(17)16-12-7-9-13(18-4)10-8-12/h7-11,14H,5-6H2,1-4H3,(H,16,17)/t14-/m0/s1. The normalized spacial score (nSPS) is 12.3. The lowest BCUT2D eigenvalue weighted by molar-refractivity contribution is -0.121. The number of anilines is 1. The third-order valence-electron chi connectivity index (χ3n) is 3.10. The van der Waals surface area contributed by atoms with Crippen LogP contribution in [0, 0.1) is 11.8 Å². The van der Waals surface area contributed by atoms with Gasteiger partial charge in [-0.25, -0.2) is 0 Å². The van der Waals surface area contributed by atoms with Gasteiger partial charge in [0.15, 0.2) is 0 Å². The number of benzene rings is 1. The van der Waals surface area contributed by atoms with Gasteiger partial charge in [-0.15, -0.1) is 0 Å². The summed E-state index contributed by atoms with van der Waals surface area (Å²) >= 11 is 0. The molecule has 0 radical (unpaired) electrons. The fourth-order valence-corrected chi connectivity index (χ4v) is 1.99. The molecule has 0 aliphatic rings. The highest BCUT2D eigenvalue weighted by atomic mass is 16.5. The summed E-state index contributed by atoms with van der Waals surface area (Å²) in [5.74, 6) is 1.35. The Morgan fingerprint density at radius 2 is 1.89 bits per heavy atom. The van der Waals surface area contributed by atoms with E-state index in [1.165, 1.54) is 0 Å². The second-order valence-corrected chi connectivity index (χ2v) is 4.86. The van der Waals surface area contributed by atoms with Gasteiger partial charge in [0.25, 0.3) is 0 Å². The molecule has 0 saturated carbocycles. The molecule has 1 N–H and O–H groups in total. The van der Waals surface area contributed by atoms with Gasteiger partial charge < -0.3 is 10.1 Å². The fraction of sp³-hybridized carbons (Fsp3) is 0.533. The second-order valence-electron chi connectivity index (χ2n) is 4.86. The van der Waals surface area contributed by atoms with Crippen molar-refractivity contribution < 1.29 is 9.53 Å². The zero-order chi connectivity index (χ0) is 13.5. The summed E-state index contributed by atoms with van der Waals surface area (Å²) in [6, 6.07) is 7.42. The number of hydrogen-bond acceptors (Lipinski definition) is 2. The zero-order valence-electron chi connectivity index (χ0n) is 11.7. The number of rotatable bonds is 6. The summed E-state index contributed by atoms with van der Waals surface area (Å²) in [5.41, 5.74) is 0.822. The molecule has 18 heavy (non-hydrogen) atoms. The van der Waals surface area contributed by atoms with Crippen molar-refractivity contribution in [1.82, 2.24) is 0 Å². The van der Waals surface area contributed by atoms with Gasteiger partial charge in [0.2, 0.25) is 5.91 Å². The van der Waals surface area contributed by atoms with Gasteiger partial charge in [0.05, 0.1) is 7.11 Å². The highest BCUT2D eigenvalue weighted by molar-refractivity contribution is 5.92. The van der Waals surface area contributed by atoms with Crippen LogP contribution in [0.4, 0.5) is 5.69 Å². The van der Waals surface area contributed by atoms with Crippen LogP contribution in [0.1, 0.15) is 33.6 Å². The Balaban J connectivity index is 2.66. The van der Waals surface area contributed by atoms with Gasteiger partial charge >= 0.3 is 0 Å². The van der Waals surface area contributed by atoms with Gasteiger partial charge in [0, 0.05) is 11.6 Å². The molecule has 0 heterocycles. The minimum atomic E-state index is 0.0806. The SMILES string of the molecule is CCC[C@H](C(=O)Nc1ccc(OC)cc1)C(C)C. The van der Waals surface area contributed by atoms with Crippen molar-refractivity contribution in [3.8, 4) is 5.75 Å². The molecular formula is C15H23NO2. The Hall–Kier alpha value is -1.51. The quantitative estimate of drug-likeness (QED) is 0.834. The Kier molecular flexibility index (Phi) is 5.69. The molecule has 1 aromatic carbocycles. The average molecular weight is 249 g/mol. The molecule has 0 bridgehead atoms. The molecule has 1 aromatic rings. The largest absolute Gasteiger partial charge is 0.497 e. The molecule has 1 rings (SSSR count). The number of methoxy groups -OCH3 is 1. The molecule has 100 valence electrons. The van der Waals surface area contributed by atoms with E-state index in [-0.39, 0.29) is 11.8 Å². The predicted octanol–water partition coefficient (Wildman–Crippen LogP) is 3.71. The van der Waals surface area contributed by atoms with E-state index < -0.39 is 0 Å². The highest BCUT2D eigenvalue weighted by Crippen LogP contribution is 2.21. The summed E-state index contributed by atoms with van der Waals surface area (Å²) in [7, 11) is 1.63. The Labute approximate surface area is 110 Å². The summed E-state index contributed by atoms with van der Waals surface area (Å²) in [4.78, 5) is 12.2. The minimum absolute atomic E-state index is 0.0806. The highest BCUT2D eigenvalue weighted by Gasteiger charge is 2.21. The van der Waals surface area contributed by atoms with Gasteiger partial charge in [-0.2, -0.15) is 0 Å². The molecular weight excluding hydrogens is 226 g/mol. The molecule has 1 atom stereocenters. The Bertz CT molecular complexity index is 371. The minimum Gasteiger partial charge on any atom is -0.497 e. The lowest BCUT2D eigenvalue weighted by Crippen LogP contribution is -2.26. The van der Waals surface area contributed by atoms with Crippen molar-refractivity contribution in [3.05, 3.63) is 24.3 Å². The van der Waals surface area contributed by atoms with Crippen LogP contribution in [0.5, 0.6) is 5.75 Å². The molecule has 0 aliphatic carbocycles. The third kappa shape index (κ3) is 4.06. The first kappa shape index (κ1) is 14.6. The Morgan fingerprint density at radius 3 is 2.33 bits per heavy atom. The van der Waals surface area contributed by atoms with Crippen molar-refractivity contribution in [1.29, 1.82) is 0 Å². The van der Waals surface area contributed by atoms with Crippen molar-refractivity contribution in [3.63, 3.8) is 0 Å². The molecule has 3 nitrogen and oxygen atoms in total. The number of carbonyl (C=O) groups excluding carboxylic acids is 1. The maximum absolute atomic E-state index is 12.2. The van der Waals surface area contributed by atoms with E-state index in [4.69, 9.17) is 4.74 Å². The van der Waals surface area contributed by atoms with Gasteiger partial charge in [-0.05, 0) is 36.6 Å². The maximum Gasteiger partial charge on any atom is 0.227 e. The van der Waals surface area contributed by atoms with Crippen LogP contribution < -0.4 is 10.1 Å². The van der Waals surface area contributed by atoms with Crippen LogP contribution in [-0.2, 0) is 4.79 Å². The lowest BCUT2D eigenvalue weighted by Gasteiger charge is -2.19. The molecule has 0 fully saturated rings. The van der Waals surface area contributed by atoms with Crippen LogP contribution in [0.3, 0.4) is 0 Å². The van der Waals surface area contributed by atoms with E-state index in [0.29, 0.717) is 5.92 Å². The van der Waals surface area contributed by atoms with Crippen molar-refractivity contribution in [2.24, 2.45) is 11.8 Å². The molecule has 0 spiro atoms. The molecule has 0 aromatic heterocycles. The van der Waals surface area contributed by atoms with E-state index >= 15 is 0 Å². The van der Waals surface area contributed by atoms with Crippen molar-refractivity contribution in [2.75, 3.05) is 12.4 Å². The third-order valence-corrected chi connectivity index (χ3v) is 3.10. The number of nitrogens with one attached hydrogen (secondary N) is 1. The number of carbonyl (C=O) groups is 1. The van der Waals surface area contributed by atoms with Gasteiger partial charge in [-0.3, -0.25) is 4.79 Å². The monoisotopic (exact) mass is 249 g/mol. The van der Waals surface area contributed by atoms with Gasteiger partial charge in [-0.1, -0.05) is 27.2 Å². The van der Waals surface area contributed by atoms with E-state index in [0.717, 1.165) is 24.3 Å². The molecule has 0 aliphatic heterocycles. The molecule has 0 unspecified atom stereocenters. The first-order valence-electron chi connectivity index (χ1n) is 6.53. The fourth-order valence-electron chi connectivity index (χ4n) is 1.99. The smallest absolute Gasteiger partial charge is 0.227 e. The first-order valence-corrected chi connectivity index (χ1v) is 6.53. The number of hydrogen-bond donors (Lipinski definition) is 1. The van der Waals surface area contributed by atoms with Crippen molar-refractivity contribution >= 4 is 11.6 Å². The van der Waals surface area contributed by atoms with Crippen LogP contribution >= 0.6 is 0 Å². The van der Waals surface area contributed by atoms with E-state index in [1.54, 1.807) is 7.11 Å². The van der Waals surface area contributed by atoms with Gasteiger partial charge in [0.1, 0.15) is 5.75 Å².